The first-order valence-electron chi connectivity index (χ1n) is 6.88. The van der Waals surface area contributed by atoms with Crippen molar-refractivity contribution < 1.29 is 9.53 Å². The maximum absolute atomic E-state index is 12.2. The van der Waals surface area contributed by atoms with E-state index >= 15 is 0 Å². The fourth-order valence-electron chi connectivity index (χ4n) is 2.06. The van der Waals surface area contributed by atoms with Crippen LogP contribution >= 0.6 is 0 Å². The van der Waals surface area contributed by atoms with Crippen LogP contribution in [0.3, 0.4) is 0 Å². The molecule has 0 aliphatic carbocycles. The van der Waals surface area contributed by atoms with Gasteiger partial charge in [-0.15, -0.1) is 0 Å². The Morgan fingerprint density at radius 3 is 2.48 bits per heavy atom. The molecule has 0 aromatic heterocycles. The molecule has 0 saturated heterocycles. The Bertz CT molecular complexity index is 608. The Labute approximate surface area is 125 Å². The molecule has 0 spiro atoms. The predicted octanol–water partition coefficient (Wildman–Crippen LogP) is 3.01. The van der Waals surface area contributed by atoms with Gasteiger partial charge in [-0.05, 0) is 42.8 Å². The van der Waals surface area contributed by atoms with Gasteiger partial charge in [0.15, 0.2) is 0 Å². The van der Waals surface area contributed by atoms with Crippen LogP contribution in [0.15, 0.2) is 48.5 Å². The molecule has 2 rings (SSSR count). The van der Waals surface area contributed by atoms with Crippen molar-refractivity contribution in [3.05, 3.63) is 54.1 Å². The van der Waals surface area contributed by atoms with Crippen LogP contribution in [0.25, 0.3) is 0 Å². The van der Waals surface area contributed by atoms with E-state index in [-0.39, 0.29) is 5.91 Å². The van der Waals surface area contributed by atoms with Gasteiger partial charge in [0.2, 0.25) is 5.91 Å². The highest BCUT2D eigenvalue weighted by molar-refractivity contribution is 5.93. The average Bonchev–Trinajstić information content (AvgIpc) is 2.49. The molecule has 2 aromatic carbocycles. The molecule has 4 nitrogen and oxygen atoms in total. The second kappa shape index (κ2) is 6.79. The number of rotatable bonds is 5. The molecule has 2 aromatic rings. The number of nitrogen functional groups attached to an aromatic ring is 1. The summed E-state index contributed by atoms with van der Waals surface area (Å²) in [6.07, 6.45) is 0.329. The van der Waals surface area contributed by atoms with E-state index in [0.717, 1.165) is 17.0 Å². The third kappa shape index (κ3) is 3.99. The van der Waals surface area contributed by atoms with E-state index in [1.54, 1.807) is 36.2 Å². The van der Waals surface area contributed by atoms with Crippen LogP contribution in [0, 0.1) is 6.92 Å². The SMILES string of the molecule is Cc1ccccc1N(C)C(=O)CCOc1ccc(N)cc1. The van der Waals surface area contributed by atoms with Crippen molar-refractivity contribution in [2.45, 2.75) is 13.3 Å². The second-order valence-corrected chi connectivity index (χ2v) is 4.91. The van der Waals surface area contributed by atoms with Gasteiger partial charge in [-0.2, -0.15) is 0 Å². The van der Waals surface area contributed by atoms with Gasteiger partial charge in [-0.1, -0.05) is 18.2 Å². The minimum atomic E-state index is 0.0275. The zero-order chi connectivity index (χ0) is 15.2. The number of hydrogen-bond donors (Lipinski definition) is 1. The topological polar surface area (TPSA) is 55.6 Å². The summed E-state index contributed by atoms with van der Waals surface area (Å²) >= 11 is 0. The molecule has 0 radical (unpaired) electrons. The number of carbonyl (C=O) groups is 1. The fraction of sp³-hybridized carbons (Fsp3) is 0.235. The number of ether oxygens (including phenoxy) is 1. The zero-order valence-electron chi connectivity index (χ0n) is 12.4. The minimum Gasteiger partial charge on any atom is -0.493 e. The Morgan fingerprint density at radius 1 is 1.14 bits per heavy atom. The van der Waals surface area contributed by atoms with Crippen LogP contribution in [0.4, 0.5) is 11.4 Å². The zero-order valence-corrected chi connectivity index (χ0v) is 12.4. The highest BCUT2D eigenvalue weighted by Gasteiger charge is 2.12. The van der Waals surface area contributed by atoms with Crippen molar-refractivity contribution in [2.24, 2.45) is 0 Å². The predicted molar refractivity (Wildman–Crippen MR) is 85.6 cm³/mol. The number of benzene rings is 2. The third-order valence-corrected chi connectivity index (χ3v) is 3.32. The molecule has 0 fully saturated rings. The first-order chi connectivity index (χ1) is 10.1. The minimum absolute atomic E-state index is 0.0275. The smallest absolute Gasteiger partial charge is 0.230 e. The summed E-state index contributed by atoms with van der Waals surface area (Å²) in [6.45, 7) is 2.34. The number of nitrogens with zero attached hydrogens (tertiary/aromatic N) is 1. The number of hydrogen-bond acceptors (Lipinski definition) is 3. The van der Waals surface area contributed by atoms with Crippen molar-refractivity contribution in [1.29, 1.82) is 0 Å². The molecule has 0 unspecified atom stereocenters. The summed E-state index contributed by atoms with van der Waals surface area (Å²) in [5, 5.41) is 0. The van der Waals surface area contributed by atoms with Crippen molar-refractivity contribution in [3.8, 4) is 5.75 Å². The van der Waals surface area contributed by atoms with Gasteiger partial charge in [0.25, 0.3) is 0 Å². The molecular formula is C17H20N2O2. The van der Waals surface area contributed by atoms with E-state index in [1.807, 2.05) is 31.2 Å². The number of amides is 1. The van der Waals surface area contributed by atoms with E-state index in [1.165, 1.54) is 0 Å². The monoisotopic (exact) mass is 284 g/mol. The fourth-order valence-corrected chi connectivity index (χ4v) is 2.06. The molecule has 2 N–H and O–H groups in total. The third-order valence-electron chi connectivity index (χ3n) is 3.32. The summed E-state index contributed by atoms with van der Waals surface area (Å²) in [4.78, 5) is 13.8. The molecule has 0 heterocycles. The van der Waals surface area contributed by atoms with Gasteiger partial charge in [0.1, 0.15) is 5.75 Å². The van der Waals surface area contributed by atoms with Crippen LogP contribution < -0.4 is 15.4 Å². The Kier molecular flexibility index (Phi) is 4.82. The van der Waals surface area contributed by atoms with E-state index in [2.05, 4.69) is 0 Å². The van der Waals surface area contributed by atoms with Crippen LogP contribution in [-0.4, -0.2) is 19.6 Å². The van der Waals surface area contributed by atoms with Crippen molar-refractivity contribution in [2.75, 3.05) is 24.3 Å². The lowest BCUT2D eigenvalue weighted by Crippen LogP contribution is -2.28. The summed E-state index contributed by atoms with van der Waals surface area (Å²) in [5.41, 5.74) is 8.30. The molecule has 0 aliphatic heterocycles. The highest BCUT2D eigenvalue weighted by atomic mass is 16.5. The normalized spacial score (nSPS) is 10.2. The van der Waals surface area contributed by atoms with Gasteiger partial charge in [-0.25, -0.2) is 0 Å². The number of nitrogens with two attached hydrogens (primary N) is 1. The molecule has 21 heavy (non-hydrogen) atoms. The van der Waals surface area contributed by atoms with Crippen LogP contribution in [0.5, 0.6) is 5.75 Å². The highest BCUT2D eigenvalue weighted by Crippen LogP contribution is 2.19. The van der Waals surface area contributed by atoms with Crippen molar-refractivity contribution in [1.82, 2.24) is 0 Å². The standard InChI is InChI=1S/C17H20N2O2/c1-13-5-3-4-6-16(13)19(2)17(20)11-12-21-15-9-7-14(18)8-10-15/h3-10H,11-12,18H2,1-2H3. The van der Waals surface area contributed by atoms with Crippen LogP contribution in [0.1, 0.15) is 12.0 Å². The number of anilines is 2. The van der Waals surface area contributed by atoms with E-state index in [0.29, 0.717) is 18.7 Å². The van der Waals surface area contributed by atoms with Gasteiger partial charge in [0, 0.05) is 18.4 Å². The van der Waals surface area contributed by atoms with Gasteiger partial charge >= 0.3 is 0 Å². The molecule has 0 saturated carbocycles. The second-order valence-electron chi connectivity index (χ2n) is 4.91. The van der Waals surface area contributed by atoms with Crippen molar-refractivity contribution in [3.63, 3.8) is 0 Å². The molecular weight excluding hydrogens is 264 g/mol. The summed E-state index contributed by atoms with van der Waals surface area (Å²) in [7, 11) is 1.79. The molecule has 4 heteroatoms. The summed E-state index contributed by atoms with van der Waals surface area (Å²) < 4.78 is 5.54. The summed E-state index contributed by atoms with van der Waals surface area (Å²) in [6, 6.07) is 15.0. The number of carbonyl (C=O) groups excluding carboxylic acids is 1. The lowest BCUT2D eigenvalue weighted by molar-refractivity contribution is -0.118. The average molecular weight is 284 g/mol. The van der Waals surface area contributed by atoms with Crippen molar-refractivity contribution >= 4 is 17.3 Å². The Morgan fingerprint density at radius 2 is 1.81 bits per heavy atom. The molecule has 110 valence electrons. The number of para-hydroxylation sites is 1. The Balaban J connectivity index is 1.87. The molecule has 0 bridgehead atoms. The molecule has 0 atom stereocenters. The van der Waals surface area contributed by atoms with Gasteiger partial charge in [-0.3, -0.25) is 4.79 Å². The van der Waals surface area contributed by atoms with E-state index in [9.17, 15) is 4.79 Å². The van der Waals surface area contributed by atoms with E-state index < -0.39 is 0 Å². The molecule has 1 amide bonds. The van der Waals surface area contributed by atoms with Gasteiger partial charge < -0.3 is 15.4 Å². The van der Waals surface area contributed by atoms with E-state index in [4.69, 9.17) is 10.5 Å². The quantitative estimate of drug-likeness (QED) is 0.859. The first kappa shape index (κ1) is 14.9. The maximum atomic E-state index is 12.2. The van der Waals surface area contributed by atoms with Crippen LogP contribution in [-0.2, 0) is 4.79 Å². The van der Waals surface area contributed by atoms with Crippen LogP contribution in [0.2, 0.25) is 0 Å². The van der Waals surface area contributed by atoms with Gasteiger partial charge in [0.05, 0.1) is 13.0 Å². The first-order valence-corrected chi connectivity index (χ1v) is 6.88. The Hall–Kier alpha value is -2.49. The summed E-state index contributed by atoms with van der Waals surface area (Å²) in [5.74, 6) is 0.746. The lowest BCUT2D eigenvalue weighted by atomic mass is 10.2. The largest absolute Gasteiger partial charge is 0.493 e. The molecule has 0 aliphatic rings. The lowest BCUT2D eigenvalue weighted by Gasteiger charge is -2.19. The number of aryl methyl sites for hydroxylation is 1. The maximum Gasteiger partial charge on any atom is 0.230 e.